The Balaban J connectivity index is 2.34. The largest absolute Gasteiger partial charge is 0.493 e. The Labute approximate surface area is 121 Å². The highest BCUT2D eigenvalue weighted by Gasteiger charge is 2.17. The summed E-state index contributed by atoms with van der Waals surface area (Å²) >= 11 is 1.51. The van der Waals surface area contributed by atoms with Gasteiger partial charge in [0.2, 0.25) is 5.75 Å². The van der Waals surface area contributed by atoms with Crippen molar-refractivity contribution in [3.05, 3.63) is 34.5 Å². The first-order valence-corrected chi connectivity index (χ1v) is 6.77. The Hall–Kier alpha value is -2.21. The van der Waals surface area contributed by atoms with Gasteiger partial charge in [-0.3, -0.25) is 4.79 Å². The molecule has 0 aliphatic carbocycles. The van der Waals surface area contributed by atoms with Crippen LogP contribution in [0.5, 0.6) is 17.2 Å². The third kappa shape index (κ3) is 2.85. The average Bonchev–Trinajstić information content (AvgIpc) is 2.98. The molecule has 0 atom stereocenters. The lowest BCUT2D eigenvalue weighted by atomic mass is 10.1. The van der Waals surface area contributed by atoms with Crippen molar-refractivity contribution in [3.8, 4) is 17.2 Å². The van der Waals surface area contributed by atoms with Crippen molar-refractivity contribution in [2.24, 2.45) is 0 Å². The van der Waals surface area contributed by atoms with Gasteiger partial charge in [0.05, 0.1) is 27.0 Å². The van der Waals surface area contributed by atoms with Gasteiger partial charge >= 0.3 is 0 Å². The maximum absolute atomic E-state index is 12.2. The quantitative estimate of drug-likeness (QED) is 0.920. The van der Waals surface area contributed by atoms with E-state index in [1.807, 2.05) is 16.8 Å². The lowest BCUT2D eigenvalue weighted by molar-refractivity contribution is 0.102. The summed E-state index contributed by atoms with van der Waals surface area (Å²) in [4.78, 5) is 12.2. The third-order valence-electron chi connectivity index (χ3n) is 2.71. The maximum Gasteiger partial charge on any atom is 0.255 e. The molecule has 20 heavy (non-hydrogen) atoms. The average molecular weight is 293 g/mol. The van der Waals surface area contributed by atoms with E-state index in [2.05, 4.69) is 5.32 Å². The molecular weight excluding hydrogens is 278 g/mol. The summed E-state index contributed by atoms with van der Waals surface area (Å²) in [5.41, 5.74) is 1.19. The minimum atomic E-state index is -0.234. The van der Waals surface area contributed by atoms with Gasteiger partial charge in [0.15, 0.2) is 11.5 Å². The standard InChI is InChI=1S/C14H15NO4S/c1-17-11-6-9(7-12(18-2)13(11)19-3)14(16)15-10-4-5-20-8-10/h4-8H,1-3H3,(H,15,16). The van der Waals surface area contributed by atoms with Gasteiger partial charge in [-0.25, -0.2) is 0 Å². The summed E-state index contributed by atoms with van der Waals surface area (Å²) in [5.74, 6) is 1.12. The number of anilines is 1. The zero-order valence-corrected chi connectivity index (χ0v) is 12.2. The second-order valence-corrected chi connectivity index (χ2v) is 4.66. The van der Waals surface area contributed by atoms with E-state index in [1.54, 1.807) is 12.1 Å². The van der Waals surface area contributed by atoms with Gasteiger partial charge in [0.1, 0.15) is 0 Å². The maximum atomic E-state index is 12.2. The number of hydrogen-bond donors (Lipinski definition) is 1. The van der Waals surface area contributed by atoms with E-state index < -0.39 is 0 Å². The van der Waals surface area contributed by atoms with E-state index >= 15 is 0 Å². The number of carbonyl (C=O) groups is 1. The predicted molar refractivity (Wildman–Crippen MR) is 78.4 cm³/mol. The van der Waals surface area contributed by atoms with Gasteiger partial charge in [-0.05, 0) is 23.6 Å². The van der Waals surface area contributed by atoms with Gasteiger partial charge < -0.3 is 19.5 Å². The van der Waals surface area contributed by atoms with Crippen molar-refractivity contribution in [3.63, 3.8) is 0 Å². The number of rotatable bonds is 5. The number of nitrogens with one attached hydrogen (secondary N) is 1. The molecule has 0 aliphatic rings. The van der Waals surface area contributed by atoms with Crippen LogP contribution in [0.1, 0.15) is 10.4 Å². The zero-order valence-electron chi connectivity index (χ0n) is 11.4. The molecule has 0 spiro atoms. The smallest absolute Gasteiger partial charge is 0.255 e. The van der Waals surface area contributed by atoms with Crippen LogP contribution in [0.15, 0.2) is 29.0 Å². The predicted octanol–water partition coefficient (Wildman–Crippen LogP) is 3.03. The molecule has 0 saturated carbocycles. The van der Waals surface area contributed by atoms with E-state index in [4.69, 9.17) is 14.2 Å². The topological polar surface area (TPSA) is 56.8 Å². The van der Waals surface area contributed by atoms with E-state index in [9.17, 15) is 4.79 Å². The highest BCUT2D eigenvalue weighted by Crippen LogP contribution is 2.38. The molecule has 1 heterocycles. The lowest BCUT2D eigenvalue weighted by Crippen LogP contribution is -2.12. The van der Waals surface area contributed by atoms with Crippen molar-refractivity contribution >= 4 is 22.9 Å². The summed E-state index contributed by atoms with van der Waals surface area (Å²) < 4.78 is 15.7. The first-order chi connectivity index (χ1) is 9.69. The molecular formula is C14H15NO4S. The SMILES string of the molecule is COc1cc(C(=O)Nc2ccsc2)cc(OC)c1OC. The molecule has 1 aromatic carbocycles. The lowest BCUT2D eigenvalue weighted by Gasteiger charge is -2.13. The van der Waals surface area contributed by atoms with Crippen LogP contribution in [0, 0.1) is 0 Å². The monoisotopic (exact) mass is 293 g/mol. The summed E-state index contributed by atoms with van der Waals surface area (Å²) in [6.07, 6.45) is 0. The second kappa shape index (κ2) is 6.29. The Morgan fingerprint density at radius 2 is 1.75 bits per heavy atom. The fourth-order valence-corrected chi connectivity index (χ4v) is 2.34. The molecule has 5 nitrogen and oxygen atoms in total. The molecule has 1 N–H and O–H groups in total. The molecule has 106 valence electrons. The minimum Gasteiger partial charge on any atom is -0.493 e. The molecule has 0 fully saturated rings. The third-order valence-corrected chi connectivity index (χ3v) is 3.39. The normalized spacial score (nSPS) is 9.95. The summed E-state index contributed by atoms with van der Waals surface area (Å²) in [5, 5.41) is 6.55. The Morgan fingerprint density at radius 3 is 2.20 bits per heavy atom. The number of benzene rings is 1. The van der Waals surface area contributed by atoms with Gasteiger partial charge in [0.25, 0.3) is 5.91 Å². The highest BCUT2D eigenvalue weighted by molar-refractivity contribution is 7.08. The number of hydrogen-bond acceptors (Lipinski definition) is 5. The van der Waals surface area contributed by atoms with Crippen molar-refractivity contribution in [2.45, 2.75) is 0 Å². The van der Waals surface area contributed by atoms with Gasteiger partial charge in [-0.2, -0.15) is 11.3 Å². The van der Waals surface area contributed by atoms with Gasteiger partial charge in [-0.15, -0.1) is 0 Å². The van der Waals surface area contributed by atoms with Gasteiger partial charge in [-0.1, -0.05) is 0 Å². The van der Waals surface area contributed by atoms with E-state index in [-0.39, 0.29) is 5.91 Å². The summed E-state index contributed by atoms with van der Waals surface area (Å²) in [6, 6.07) is 5.06. The first kappa shape index (κ1) is 14.2. The molecule has 0 aliphatic heterocycles. The summed E-state index contributed by atoms with van der Waals surface area (Å²) in [7, 11) is 4.54. The van der Waals surface area contributed by atoms with Crippen LogP contribution in [0.25, 0.3) is 0 Å². The number of methoxy groups -OCH3 is 3. The molecule has 6 heteroatoms. The first-order valence-electron chi connectivity index (χ1n) is 5.83. The Bertz CT molecular complexity index is 570. The fourth-order valence-electron chi connectivity index (χ4n) is 1.75. The van der Waals surface area contributed by atoms with Gasteiger partial charge in [0, 0.05) is 10.9 Å². The van der Waals surface area contributed by atoms with E-state index in [0.29, 0.717) is 22.8 Å². The van der Waals surface area contributed by atoms with Crippen LogP contribution in [0.2, 0.25) is 0 Å². The van der Waals surface area contributed by atoms with Crippen molar-refractivity contribution in [2.75, 3.05) is 26.6 Å². The summed E-state index contributed by atoms with van der Waals surface area (Å²) in [6.45, 7) is 0. The minimum absolute atomic E-state index is 0.234. The van der Waals surface area contributed by atoms with Crippen LogP contribution in [-0.2, 0) is 0 Å². The van der Waals surface area contributed by atoms with Crippen molar-refractivity contribution in [1.82, 2.24) is 0 Å². The van der Waals surface area contributed by atoms with Crippen LogP contribution >= 0.6 is 11.3 Å². The van der Waals surface area contributed by atoms with E-state index in [1.165, 1.54) is 32.7 Å². The number of amides is 1. The number of thiophene rings is 1. The molecule has 1 aromatic heterocycles. The Morgan fingerprint density at radius 1 is 1.10 bits per heavy atom. The second-order valence-electron chi connectivity index (χ2n) is 3.88. The number of carbonyl (C=O) groups excluding carboxylic acids is 1. The highest BCUT2D eigenvalue weighted by atomic mass is 32.1. The molecule has 0 saturated heterocycles. The molecule has 0 unspecified atom stereocenters. The fraction of sp³-hybridized carbons (Fsp3) is 0.214. The zero-order chi connectivity index (χ0) is 14.5. The van der Waals surface area contributed by atoms with Crippen LogP contribution in [0.4, 0.5) is 5.69 Å². The molecule has 0 radical (unpaired) electrons. The van der Waals surface area contributed by atoms with Crippen molar-refractivity contribution < 1.29 is 19.0 Å². The Kier molecular flexibility index (Phi) is 4.47. The molecule has 0 bridgehead atoms. The van der Waals surface area contributed by atoms with E-state index in [0.717, 1.165) is 5.69 Å². The number of ether oxygens (including phenoxy) is 3. The molecule has 2 aromatic rings. The van der Waals surface area contributed by atoms with Crippen LogP contribution in [0.3, 0.4) is 0 Å². The van der Waals surface area contributed by atoms with Crippen LogP contribution in [-0.4, -0.2) is 27.2 Å². The van der Waals surface area contributed by atoms with Crippen molar-refractivity contribution in [1.29, 1.82) is 0 Å². The molecule has 2 rings (SSSR count). The van der Waals surface area contributed by atoms with Crippen LogP contribution < -0.4 is 19.5 Å². The molecule has 1 amide bonds.